The van der Waals surface area contributed by atoms with Crippen molar-refractivity contribution in [1.29, 1.82) is 0 Å². The van der Waals surface area contributed by atoms with E-state index in [1.165, 1.54) is 6.26 Å². The highest BCUT2D eigenvalue weighted by Crippen LogP contribution is 2.36. The normalized spacial score (nSPS) is 13.4. The maximum absolute atomic E-state index is 12.1. The first-order valence-electron chi connectivity index (χ1n) is 7.16. The second kappa shape index (κ2) is 5.61. The maximum atomic E-state index is 12.1. The molecule has 0 fully saturated rings. The number of benzene rings is 2. The largest absolute Gasteiger partial charge is 0.361 e. The zero-order chi connectivity index (χ0) is 15.7. The molecule has 4 heteroatoms. The number of hydrogen-bond acceptors (Lipinski definition) is 2. The van der Waals surface area contributed by atoms with Gasteiger partial charge in [-0.05, 0) is 29.7 Å². The van der Waals surface area contributed by atoms with Gasteiger partial charge in [-0.3, -0.25) is 0 Å². The van der Waals surface area contributed by atoms with Gasteiger partial charge in [0.25, 0.3) is 0 Å². The number of fused-ring (bicyclic) bond motifs is 1. The second-order valence-electron chi connectivity index (χ2n) is 5.45. The fraction of sp³-hybridized carbons (Fsp3) is 0.167. The second-order valence-corrected chi connectivity index (χ2v) is 7.43. The predicted molar refractivity (Wildman–Crippen MR) is 89.7 cm³/mol. The van der Waals surface area contributed by atoms with E-state index in [4.69, 9.17) is 0 Å². The SMILES string of the molecule is [CH2]CC(c1ccccc1)c1c[nH]c2cccc(S(C)(=O)=O)c12. The van der Waals surface area contributed by atoms with Crippen LogP contribution in [0.15, 0.2) is 59.6 Å². The number of hydrogen-bond donors (Lipinski definition) is 1. The summed E-state index contributed by atoms with van der Waals surface area (Å²) in [7, 11) is -3.29. The van der Waals surface area contributed by atoms with Gasteiger partial charge in [0.1, 0.15) is 0 Å². The van der Waals surface area contributed by atoms with Gasteiger partial charge in [0.2, 0.25) is 0 Å². The van der Waals surface area contributed by atoms with E-state index in [2.05, 4.69) is 24.0 Å². The lowest BCUT2D eigenvalue weighted by molar-refractivity contribution is 0.602. The van der Waals surface area contributed by atoms with Gasteiger partial charge in [0, 0.05) is 29.3 Å². The van der Waals surface area contributed by atoms with Crippen LogP contribution in [0.4, 0.5) is 0 Å². The van der Waals surface area contributed by atoms with E-state index in [1.807, 2.05) is 30.5 Å². The van der Waals surface area contributed by atoms with Crippen LogP contribution in [-0.2, 0) is 9.84 Å². The van der Waals surface area contributed by atoms with Crippen molar-refractivity contribution in [2.45, 2.75) is 17.2 Å². The van der Waals surface area contributed by atoms with Crippen molar-refractivity contribution in [1.82, 2.24) is 4.98 Å². The first-order chi connectivity index (χ1) is 10.5. The minimum atomic E-state index is -3.29. The minimum Gasteiger partial charge on any atom is -0.361 e. The van der Waals surface area contributed by atoms with Crippen LogP contribution >= 0.6 is 0 Å². The summed E-state index contributed by atoms with van der Waals surface area (Å²) in [6.45, 7) is 4.05. The molecule has 1 radical (unpaired) electrons. The number of H-pyrrole nitrogens is 1. The van der Waals surface area contributed by atoms with Crippen molar-refractivity contribution in [2.75, 3.05) is 6.26 Å². The van der Waals surface area contributed by atoms with Crippen LogP contribution in [0.3, 0.4) is 0 Å². The molecule has 0 bridgehead atoms. The minimum absolute atomic E-state index is 0.0675. The fourth-order valence-corrected chi connectivity index (χ4v) is 3.87. The fourth-order valence-electron chi connectivity index (χ4n) is 2.95. The molecule has 0 spiro atoms. The third-order valence-corrected chi connectivity index (χ3v) is 5.10. The van der Waals surface area contributed by atoms with Gasteiger partial charge in [-0.1, -0.05) is 43.3 Å². The quantitative estimate of drug-likeness (QED) is 0.793. The number of sulfone groups is 1. The molecule has 113 valence electrons. The molecule has 0 aliphatic rings. The number of rotatable bonds is 4. The molecule has 0 saturated heterocycles. The molecule has 0 aliphatic heterocycles. The van der Waals surface area contributed by atoms with Gasteiger partial charge < -0.3 is 4.98 Å². The topological polar surface area (TPSA) is 49.9 Å². The van der Waals surface area contributed by atoms with Gasteiger partial charge in [-0.2, -0.15) is 0 Å². The van der Waals surface area contributed by atoms with E-state index in [-0.39, 0.29) is 5.92 Å². The van der Waals surface area contributed by atoms with E-state index in [0.717, 1.165) is 22.0 Å². The third kappa shape index (κ3) is 2.55. The van der Waals surface area contributed by atoms with Crippen molar-refractivity contribution in [3.8, 4) is 0 Å². The van der Waals surface area contributed by atoms with Gasteiger partial charge in [-0.15, -0.1) is 0 Å². The van der Waals surface area contributed by atoms with Gasteiger partial charge in [-0.25, -0.2) is 8.42 Å². The Morgan fingerprint density at radius 3 is 2.45 bits per heavy atom. The molecule has 1 unspecified atom stereocenters. The molecule has 1 atom stereocenters. The summed E-state index contributed by atoms with van der Waals surface area (Å²) in [5.74, 6) is 0.0675. The number of nitrogens with one attached hydrogen (secondary N) is 1. The van der Waals surface area contributed by atoms with Gasteiger partial charge >= 0.3 is 0 Å². The molecule has 0 saturated carbocycles. The van der Waals surface area contributed by atoms with Crippen LogP contribution in [0.5, 0.6) is 0 Å². The average molecular weight is 312 g/mol. The van der Waals surface area contributed by atoms with E-state index in [0.29, 0.717) is 11.3 Å². The highest BCUT2D eigenvalue weighted by molar-refractivity contribution is 7.91. The zero-order valence-corrected chi connectivity index (χ0v) is 13.2. The lowest BCUT2D eigenvalue weighted by Crippen LogP contribution is -2.02. The van der Waals surface area contributed by atoms with Gasteiger partial charge in [0.05, 0.1) is 4.90 Å². The van der Waals surface area contributed by atoms with Gasteiger partial charge in [0.15, 0.2) is 9.84 Å². The Hall–Kier alpha value is -2.07. The lowest BCUT2D eigenvalue weighted by Gasteiger charge is -2.16. The summed E-state index contributed by atoms with van der Waals surface area (Å²) in [5, 5.41) is 0.780. The standard InChI is InChI=1S/C18H18NO2S/c1-3-14(13-8-5-4-6-9-13)15-12-19-16-10-7-11-17(18(15)16)22(2,20)21/h4-12,14,19H,1,3H2,2H3. The summed E-state index contributed by atoms with van der Waals surface area (Å²) < 4.78 is 24.2. The van der Waals surface area contributed by atoms with Crippen LogP contribution in [0, 0.1) is 6.92 Å². The van der Waals surface area contributed by atoms with Crippen molar-refractivity contribution in [3.63, 3.8) is 0 Å². The van der Waals surface area contributed by atoms with Crippen LogP contribution in [0.1, 0.15) is 23.5 Å². The Morgan fingerprint density at radius 1 is 1.09 bits per heavy atom. The van der Waals surface area contributed by atoms with Crippen molar-refractivity contribution in [3.05, 3.63) is 72.8 Å². The Balaban J connectivity index is 2.27. The van der Waals surface area contributed by atoms with Crippen LogP contribution in [0.25, 0.3) is 10.9 Å². The molecule has 22 heavy (non-hydrogen) atoms. The van der Waals surface area contributed by atoms with Crippen molar-refractivity contribution in [2.24, 2.45) is 0 Å². The molecule has 3 nitrogen and oxygen atoms in total. The molecule has 0 amide bonds. The third-order valence-electron chi connectivity index (χ3n) is 3.96. The van der Waals surface area contributed by atoms with Crippen molar-refractivity contribution >= 4 is 20.7 Å². The van der Waals surface area contributed by atoms with Crippen LogP contribution in [0.2, 0.25) is 0 Å². The summed E-state index contributed by atoms with van der Waals surface area (Å²) >= 11 is 0. The molecule has 1 N–H and O–H groups in total. The highest BCUT2D eigenvalue weighted by atomic mass is 32.2. The molecular weight excluding hydrogens is 294 g/mol. The maximum Gasteiger partial charge on any atom is 0.176 e. The van der Waals surface area contributed by atoms with E-state index in [9.17, 15) is 8.42 Å². The molecular formula is C18H18NO2S. The monoisotopic (exact) mass is 312 g/mol. The van der Waals surface area contributed by atoms with Crippen molar-refractivity contribution < 1.29 is 8.42 Å². The Bertz CT molecular complexity index is 895. The predicted octanol–water partition coefficient (Wildman–Crippen LogP) is 3.93. The smallest absolute Gasteiger partial charge is 0.176 e. The van der Waals surface area contributed by atoms with E-state index in [1.54, 1.807) is 12.1 Å². The van der Waals surface area contributed by atoms with E-state index < -0.39 is 9.84 Å². The zero-order valence-electron chi connectivity index (χ0n) is 12.4. The van der Waals surface area contributed by atoms with E-state index >= 15 is 0 Å². The Kier molecular flexibility index (Phi) is 3.79. The summed E-state index contributed by atoms with van der Waals surface area (Å²) in [4.78, 5) is 3.56. The Morgan fingerprint density at radius 2 is 1.82 bits per heavy atom. The first kappa shape index (κ1) is 14.9. The van der Waals surface area contributed by atoms with Crippen LogP contribution < -0.4 is 0 Å². The van der Waals surface area contributed by atoms with Crippen LogP contribution in [-0.4, -0.2) is 19.7 Å². The summed E-state index contributed by atoms with van der Waals surface area (Å²) in [5.41, 5.74) is 2.96. The molecule has 1 heterocycles. The summed E-state index contributed by atoms with van der Waals surface area (Å²) in [6, 6.07) is 15.4. The average Bonchev–Trinajstić information content (AvgIpc) is 2.92. The first-order valence-corrected chi connectivity index (χ1v) is 9.05. The molecule has 2 aromatic carbocycles. The highest BCUT2D eigenvalue weighted by Gasteiger charge is 2.21. The lowest BCUT2D eigenvalue weighted by atomic mass is 9.89. The molecule has 3 rings (SSSR count). The number of aromatic nitrogens is 1. The molecule has 3 aromatic rings. The Labute approximate surface area is 130 Å². The molecule has 1 aromatic heterocycles. The summed E-state index contributed by atoms with van der Waals surface area (Å²) in [6.07, 6.45) is 3.82. The molecule has 0 aliphatic carbocycles. The number of aromatic amines is 1.